The summed E-state index contributed by atoms with van der Waals surface area (Å²) in [5.41, 5.74) is 1.17. The maximum absolute atomic E-state index is 14.5. The van der Waals surface area contributed by atoms with Crippen LogP contribution < -0.4 is 15.8 Å². The van der Waals surface area contributed by atoms with Gasteiger partial charge in [-0.15, -0.1) is 0 Å². The fourth-order valence-electron chi connectivity index (χ4n) is 3.55. The minimum atomic E-state index is -3.98. The zero-order valence-electron chi connectivity index (χ0n) is 19.9. The lowest BCUT2D eigenvalue weighted by Gasteiger charge is -2.23. The summed E-state index contributed by atoms with van der Waals surface area (Å²) in [6.45, 7) is 2.36. The lowest BCUT2D eigenvalue weighted by Crippen LogP contribution is -2.37. The van der Waals surface area contributed by atoms with Crippen molar-refractivity contribution in [3.8, 4) is 0 Å². The van der Waals surface area contributed by atoms with Crippen LogP contribution in [0, 0.1) is 12.7 Å². The van der Waals surface area contributed by atoms with Crippen LogP contribution in [0.15, 0.2) is 65.6 Å². The first-order chi connectivity index (χ1) is 17.3. The second-order valence-corrected chi connectivity index (χ2v) is 10.2. The van der Waals surface area contributed by atoms with Crippen LogP contribution in [0.1, 0.15) is 28.4 Å². The van der Waals surface area contributed by atoms with Gasteiger partial charge in [0.05, 0.1) is 10.6 Å². The molecule has 3 aromatic carbocycles. The van der Waals surface area contributed by atoms with Gasteiger partial charge in [0, 0.05) is 29.7 Å². The number of rotatable bonds is 8. The number of nitrogens with one attached hydrogen (secondary N) is 2. The topological polar surface area (TPSA) is 139 Å². The molecule has 0 saturated heterocycles. The van der Waals surface area contributed by atoms with E-state index >= 15 is 0 Å². The van der Waals surface area contributed by atoms with E-state index in [1.807, 2.05) is 0 Å². The van der Waals surface area contributed by atoms with Crippen LogP contribution in [0.3, 0.4) is 0 Å². The van der Waals surface area contributed by atoms with E-state index in [9.17, 15) is 27.2 Å². The monoisotopic (exact) mass is 546 g/mol. The normalized spacial score (nSPS) is 11.1. The Morgan fingerprint density at radius 2 is 1.68 bits per heavy atom. The van der Waals surface area contributed by atoms with E-state index in [4.69, 9.17) is 16.7 Å². The van der Waals surface area contributed by atoms with Crippen molar-refractivity contribution >= 4 is 50.7 Å². The second-order valence-electron chi connectivity index (χ2n) is 8.24. The lowest BCUT2D eigenvalue weighted by molar-refractivity contribution is -0.117. The van der Waals surface area contributed by atoms with Gasteiger partial charge in [-0.1, -0.05) is 23.7 Å². The van der Waals surface area contributed by atoms with Gasteiger partial charge in [0.1, 0.15) is 12.4 Å². The molecule has 0 heterocycles. The number of aryl methyl sites for hydroxylation is 1. The van der Waals surface area contributed by atoms with Crippen molar-refractivity contribution in [3.05, 3.63) is 88.2 Å². The van der Waals surface area contributed by atoms with Crippen molar-refractivity contribution in [1.82, 2.24) is 4.90 Å². The summed E-state index contributed by atoms with van der Waals surface area (Å²) >= 11 is 5.94. The van der Waals surface area contributed by atoms with Gasteiger partial charge in [-0.25, -0.2) is 17.9 Å². The minimum Gasteiger partial charge on any atom is -0.326 e. The van der Waals surface area contributed by atoms with Crippen LogP contribution in [0.4, 0.5) is 15.8 Å². The van der Waals surface area contributed by atoms with Crippen LogP contribution in [0.5, 0.6) is 0 Å². The van der Waals surface area contributed by atoms with Gasteiger partial charge in [-0.05, 0) is 66.6 Å². The first-order valence-corrected chi connectivity index (χ1v) is 12.8. The molecule has 0 fully saturated rings. The number of benzene rings is 3. The molecule has 3 rings (SSSR count). The summed E-state index contributed by atoms with van der Waals surface area (Å²) in [7, 11) is -3.98. The van der Waals surface area contributed by atoms with Crippen molar-refractivity contribution in [2.75, 3.05) is 17.2 Å². The maximum atomic E-state index is 14.5. The molecule has 0 bridgehead atoms. The number of carbonyl (C=O) groups is 3. The summed E-state index contributed by atoms with van der Waals surface area (Å²) in [6, 6.07) is 14.3. The Hall–Kier alpha value is -3.80. The van der Waals surface area contributed by atoms with Gasteiger partial charge in [-0.3, -0.25) is 14.4 Å². The summed E-state index contributed by atoms with van der Waals surface area (Å²) in [5, 5.41) is 10.6. The fourth-order valence-corrected chi connectivity index (χ4v) is 4.45. The van der Waals surface area contributed by atoms with E-state index in [0.717, 1.165) is 6.07 Å². The smallest absolute Gasteiger partial charge is 0.254 e. The van der Waals surface area contributed by atoms with Gasteiger partial charge < -0.3 is 15.5 Å². The van der Waals surface area contributed by atoms with Crippen LogP contribution in [0.2, 0.25) is 5.02 Å². The molecule has 0 aliphatic heterocycles. The third-order valence-corrected chi connectivity index (χ3v) is 6.52. The molecule has 0 aromatic heterocycles. The first kappa shape index (κ1) is 27.8. The van der Waals surface area contributed by atoms with Gasteiger partial charge >= 0.3 is 0 Å². The first-order valence-electron chi connectivity index (χ1n) is 10.9. The van der Waals surface area contributed by atoms with Crippen LogP contribution in [-0.2, 0) is 26.2 Å². The molecule has 37 heavy (non-hydrogen) atoms. The van der Waals surface area contributed by atoms with E-state index in [2.05, 4.69) is 10.6 Å². The standard InChI is InChI=1S/C25H24ClFN4O5S/c1-15-11-18(5-10-23(15)37(28,35)36)25(34)31(13-17-3-6-19(26)7-4-17)14-24(33)30-22-9-8-20(12-21(22)27)29-16(2)32/h3-12H,13-14H2,1-2H3,(H,29,32)(H,30,33)(H2,28,35,36). The number of hydrogen-bond acceptors (Lipinski definition) is 5. The van der Waals surface area contributed by atoms with Crippen molar-refractivity contribution in [2.45, 2.75) is 25.3 Å². The van der Waals surface area contributed by atoms with E-state index in [-0.39, 0.29) is 39.8 Å². The maximum Gasteiger partial charge on any atom is 0.254 e. The zero-order chi connectivity index (χ0) is 27.3. The molecule has 0 aliphatic carbocycles. The number of sulfonamides is 1. The van der Waals surface area contributed by atoms with Crippen LogP contribution in [-0.4, -0.2) is 37.6 Å². The summed E-state index contributed by atoms with van der Waals surface area (Å²) in [5.74, 6) is -2.38. The fraction of sp³-hybridized carbons (Fsp3) is 0.160. The SMILES string of the molecule is CC(=O)Nc1ccc(NC(=O)CN(Cc2ccc(Cl)cc2)C(=O)c2ccc(S(N)(=O)=O)c(C)c2)c(F)c1. The Kier molecular flexibility index (Phi) is 8.64. The highest BCUT2D eigenvalue weighted by Crippen LogP contribution is 2.21. The molecule has 0 radical (unpaired) electrons. The predicted molar refractivity (Wildman–Crippen MR) is 138 cm³/mol. The molecule has 0 spiro atoms. The highest BCUT2D eigenvalue weighted by molar-refractivity contribution is 7.89. The number of primary sulfonamides is 1. The number of amides is 3. The molecule has 0 saturated carbocycles. The van der Waals surface area contributed by atoms with Crippen molar-refractivity contribution in [2.24, 2.45) is 5.14 Å². The van der Waals surface area contributed by atoms with Crippen molar-refractivity contribution < 1.29 is 27.2 Å². The summed E-state index contributed by atoms with van der Waals surface area (Å²) in [4.78, 5) is 38.4. The third kappa shape index (κ3) is 7.59. The van der Waals surface area contributed by atoms with Crippen molar-refractivity contribution in [1.29, 1.82) is 0 Å². The molecule has 0 aliphatic rings. The highest BCUT2D eigenvalue weighted by Gasteiger charge is 2.22. The van der Waals surface area contributed by atoms with Crippen molar-refractivity contribution in [3.63, 3.8) is 0 Å². The van der Waals surface area contributed by atoms with Gasteiger partial charge in [0.15, 0.2) is 0 Å². The Labute approximate surface area is 218 Å². The van der Waals surface area contributed by atoms with Crippen LogP contribution in [0.25, 0.3) is 0 Å². The minimum absolute atomic E-state index is 0.0172. The Morgan fingerprint density at radius 3 is 2.24 bits per heavy atom. The number of halogens is 2. The predicted octanol–water partition coefficient (Wildman–Crippen LogP) is 3.67. The molecular formula is C25H24ClFN4O5S. The summed E-state index contributed by atoms with van der Waals surface area (Å²) < 4.78 is 37.9. The van der Waals surface area contributed by atoms with E-state index < -0.39 is 34.2 Å². The highest BCUT2D eigenvalue weighted by atomic mass is 35.5. The van der Waals surface area contributed by atoms with E-state index in [1.165, 1.54) is 49.1 Å². The largest absolute Gasteiger partial charge is 0.326 e. The average Bonchev–Trinajstić information content (AvgIpc) is 2.80. The van der Waals surface area contributed by atoms with Gasteiger partial charge in [-0.2, -0.15) is 0 Å². The molecule has 4 N–H and O–H groups in total. The third-order valence-electron chi connectivity index (χ3n) is 5.20. The van der Waals surface area contributed by atoms with Gasteiger partial charge in [0.25, 0.3) is 5.91 Å². The number of nitrogens with two attached hydrogens (primary N) is 1. The number of nitrogens with zero attached hydrogens (tertiary/aromatic N) is 1. The Bertz CT molecular complexity index is 1460. The Balaban J connectivity index is 1.85. The number of carbonyl (C=O) groups excluding carboxylic acids is 3. The van der Waals surface area contributed by atoms with E-state index in [1.54, 1.807) is 24.3 Å². The molecule has 0 unspecified atom stereocenters. The molecular weight excluding hydrogens is 523 g/mol. The number of anilines is 2. The molecule has 0 atom stereocenters. The molecule has 9 nitrogen and oxygen atoms in total. The lowest BCUT2D eigenvalue weighted by atomic mass is 10.1. The van der Waals surface area contributed by atoms with Gasteiger partial charge in [0.2, 0.25) is 21.8 Å². The van der Waals surface area contributed by atoms with E-state index in [0.29, 0.717) is 10.6 Å². The molecule has 194 valence electrons. The molecule has 3 amide bonds. The average molecular weight is 547 g/mol. The molecule has 12 heteroatoms. The second kappa shape index (κ2) is 11.5. The number of hydrogen-bond donors (Lipinski definition) is 3. The Morgan fingerprint density at radius 1 is 1.00 bits per heavy atom. The quantitative estimate of drug-likeness (QED) is 0.395. The summed E-state index contributed by atoms with van der Waals surface area (Å²) in [6.07, 6.45) is 0. The van der Waals surface area contributed by atoms with Crippen LogP contribution >= 0.6 is 11.6 Å². The molecule has 3 aromatic rings. The zero-order valence-corrected chi connectivity index (χ0v) is 21.5.